The highest BCUT2D eigenvalue weighted by atomic mass is 16.1. The summed E-state index contributed by atoms with van der Waals surface area (Å²) >= 11 is 0. The molecule has 1 fully saturated rings. The van der Waals surface area contributed by atoms with E-state index in [0.717, 1.165) is 35.9 Å². The van der Waals surface area contributed by atoms with Crippen molar-refractivity contribution in [3.8, 4) is 6.07 Å². The number of fused-ring (bicyclic) bond motifs is 3. The van der Waals surface area contributed by atoms with Crippen molar-refractivity contribution in [2.24, 2.45) is 11.5 Å². The van der Waals surface area contributed by atoms with E-state index in [1.807, 2.05) is 27.9 Å². The minimum atomic E-state index is -0.147. The van der Waals surface area contributed by atoms with Crippen LogP contribution in [-0.4, -0.2) is 37.7 Å². The lowest BCUT2D eigenvalue weighted by Crippen LogP contribution is -2.39. The zero-order valence-electron chi connectivity index (χ0n) is 14.6. The zero-order chi connectivity index (χ0) is 19.0. The number of likely N-dealkylation sites (tertiary alicyclic amines) is 1. The van der Waals surface area contributed by atoms with Crippen LogP contribution in [0.4, 0.5) is 0 Å². The number of aromatic amines is 2. The molecule has 4 heterocycles. The molecule has 0 aliphatic carbocycles. The molecule has 9 nitrogen and oxygen atoms in total. The molecule has 0 bridgehead atoms. The van der Waals surface area contributed by atoms with Crippen molar-refractivity contribution in [2.75, 3.05) is 13.1 Å². The number of pyridine rings is 1. The molecule has 0 spiro atoms. The van der Waals surface area contributed by atoms with Gasteiger partial charge < -0.3 is 21.4 Å². The molecule has 0 aromatic carbocycles. The number of allylic oxidation sites excluding steroid dienone is 3. The lowest BCUT2D eigenvalue weighted by molar-refractivity contribution is 0.210. The molecule has 138 valence electrons. The summed E-state index contributed by atoms with van der Waals surface area (Å²) in [6.45, 7) is 1.46. The van der Waals surface area contributed by atoms with Crippen molar-refractivity contribution in [3.63, 3.8) is 0 Å². The van der Waals surface area contributed by atoms with Gasteiger partial charge in [-0.2, -0.15) is 5.26 Å². The van der Waals surface area contributed by atoms with Gasteiger partial charge >= 0.3 is 0 Å². The van der Waals surface area contributed by atoms with Gasteiger partial charge in [-0.1, -0.05) is 0 Å². The van der Waals surface area contributed by atoms with E-state index in [9.17, 15) is 4.79 Å². The van der Waals surface area contributed by atoms with E-state index in [2.05, 4.69) is 15.1 Å². The maximum atomic E-state index is 12.4. The molecule has 1 unspecified atom stereocenters. The Kier molecular flexibility index (Phi) is 4.08. The van der Waals surface area contributed by atoms with Crippen LogP contribution in [0.1, 0.15) is 18.9 Å². The summed E-state index contributed by atoms with van der Waals surface area (Å²) in [5, 5.41) is 13.2. The summed E-state index contributed by atoms with van der Waals surface area (Å²) < 4.78 is 1.94. The Morgan fingerprint density at radius 1 is 1.37 bits per heavy atom. The summed E-state index contributed by atoms with van der Waals surface area (Å²) in [5.74, 6) is 0.546. The highest BCUT2D eigenvalue weighted by molar-refractivity contribution is 6.02. The summed E-state index contributed by atoms with van der Waals surface area (Å²) in [6.07, 6.45) is 8.42. The molecule has 9 heteroatoms. The van der Waals surface area contributed by atoms with Gasteiger partial charge in [-0.3, -0.25) is 14.6 Å². The number of H-pyrrole nitrogens is 2. The average Bonchev–Trinajstić information content (AvgIpc) is 3.30. The summed E-state index contributed by atoms with van der Waals surface area (Å²) in [4.78, 5) is 21.8. The Bertz CT molecular complexity index is 1160. The third-order valence-electron chi connectivity index (χ3n) is 4.96. The third kappa shape index (κ3) is 2.91. The zero-order valence-corrected chi connectivity index (χ0v) is 14.6. The molecule has 1 aliphatic rings. The van der Waals surface area contributed by atoms with Gasteiger partial charge in [0.05, 0.1) is 22.8 Å². The van der Waals surface area contributed by atoms with Crippen LogP contribution in [0.3, 0.4) is 0 Å². The predicted molar refractivity (Wildman–Crippen MR) is 102 cm³/mol. The van der Waals surface area contributed by atoms with E-state index in [-0.39, 0.29) is 17.3 Å². The van der Waals surface area contributed by atoms with Gasteiger partial charge in [-0.05, 0) is 31.1 Å². The highest BCUT2D eigenvalue weighted by Gasteiger charge is 2.25. The number of aromatic nitrogens is 4. The third-order valence-corrected chi connectivity index (χ3v) is 4.96. The summed E-state index contributed by atoms with van der Waals surface area (Å²) in [5.41, 5.74) is 13.2. The van der Waals surface area contributed by atoms with Gasteiger partial charge in [-0.15, -0.1) is 0 Å². The quantitative estimate of drug-likeness (QED) is 0.403. The number of nitrogens with two attached hydrogens (primary N) is 2. The van der Waals surface area contributed by atoms with Crippen LogP contribution in [0.15, 0.2) is 46.9 Å². The fourth-order valence-corrected chi connectivity index (χ4v) is 3.64. The maximum absolute atomic E-state index is 12.4. The molecular formula is C18H20N8O. The fraction of sp³-hybridized carbons (Fsp3) is 0.278. The monoisotopic (exact) mass is 364 g/mol. The van der Waals surface area contributed by atoms with E-state index in [4.69, 9.17) is 16.7 Å². The molecule has 27 heavy (non-hydrogen) atoms. The van der Waals surface area contributed by atoms with Gasteiger partial charge in [0.25, 0.3) is 5.56 Å². The second kappa shape index (κ2) is 6.57. The Morgan fingerprint density at radius 2 is 2.22 bits per heavy atom. The number of nitriles is 1. The average molecular weight is 364 g/mol. The number of nitrogens with zero attached hydrogens (tertiary/aromatic N) is 4. The molecule has 3 aromatic rings. The van der Waals surface area contributed by atoms with Crippen LogP contribution in [0.2, 0.25) is 0 Å². The number of rotatable bonds is 3. The van der Waals surface area contributed by atoms with E-state index in [1.54, 1.807) is 12.3 Å². The molecule has 1 aliphatic heterocycles. The van der Waals surface area contributed by atoms with Crippen molar-refractivity contribution < 1.29 is 0 Å². The van der Waals surface area contributed by atoms with Gasteiger partial charge in [-0.25, -0.2) is 4.98 Å². The van der Waals surface area contributed by atoms with Crippen LogP contribution >= 0.6 is 0 Å². The highest BCUT2D eigenvalue weighted by Crippen LogP contribution is 2.28. The molecule has 6 N–H and O–H groups in total. The fourth-order valence-electron chi connectivity index (χ4n) is 3.64. The molecule has 4 rings (SSSR count). The molecule has 0 saturated carbocycles. The molecule has 3 aromatic heterocycles. The summed E-state index contributed by atoms with van der Waals surface area (Å²) in [6, 6.07) is 3.86. The SMILES string of the molecule is N#C/C(N)=C/C=C(\N)N1CCCC(n2[nH]c(=O)c3cnc4[nH]ccc4c32)C1. The minimum Gasteiger partial charge on any atom is -0.390 e. The van der Waals surface area contributed by atoms with Gasteiger partial charge in [0.15, 0.2) is 0 Å². The van der Waals surface area contributed by atoms with Crippen molar-refractivity contribution in [2.45, 2.75) is 18.9 Å². The first-order chi connectivity index (χ1) is 13.1. The van der Waals surface area contributed by atoms with Gasteiger partial charge in [0.1, 0.15) is 17.4 Å². The summed E-state index contributed by atoms with van der Waals surface area (Å²) in [7, 11) is 0. The van der Waals surface area contributed by atoms with Crippen LogP contribution in [0.5, 0.6) is 0 Å². The van der Waals surface area contributed by atoms with Crippen molar-refractivity contribution >= 4 is 21.9 Å². The molecule has 0 radical (unpaired) electrons. The standard InChI is InChI=1S/C18H20N8O/c19-8-11(20)3-4-15(21)25-7-1-2-12(10-25)26-16-13-5-6-22-17(13)23-9-14(16)18(27)24-26/h3-6,9,12H,1-2,7,10,20-21H2,(H,22,23)(H,24,27)/b11-3-,15-4+. The predicted octanol–water partition coefficient (Wildman–Crippen LogP) is 1.01. The van der Waals surface area contributed by atoms with Crippen LogP contribution in [0, 0.1) is 11.3 Å². The maximum Gasteiger partial charge on any atom is 0.273 e. The molecule has 1 saturated heterocycles. The molecular weight excluding hydrogens is 344 g/mol. The number of piperidine rings is 1. The van der Waals surface area contributed by atoms with Crippen LogP contribution in [-0.2, 0) is 0 Å². The second-order valence-electron chi connectivity index (χ2n) is 6.64. The minimum absolute atomic E-state index is 0.0636. The van der Waals surface area contributed by atoms with Crippen molar-refractivity contribution in [1.29, 1.82) is 5.26 Å². The van der Waals surface area contributed by atoms with Crippen LogP contribution < -0.4 is 17.0 Å². The topological polar surface area (TPSA) is 146 Å². The number of hydrogen-bond donors (Lipinski definition) is 4. The van der Waals surface area contributed by atoms with E-state index in [0.29, 0.717) is 17.8 Å². The first kappa shape index (κ1) is 16.8. The van der Waals surface area contributed by atoms with E-state index < -0.39 is 0 Å². The van der Waals surface area contributed by atoms with E-state index in [1.165, 1.54) is 6.08 Å². The number of hydrogen-bond acceptors (Lipinski definition) is 6. The second-order valence-corrected chi connectivity index (χ2v) is 6.64. The van der Waals surface area contributed by atoms with E-state index >= 15 is 0 Å². The molecule has 0 amide bonds. The van der Waals surface area contributed by atoms with Crippen LogP contribution in [0.25, 0.3) is 21.9 Å². The van der Waals surface area contributed by atoms with Gasteiger partial charge in [0, 0.05) is 30.9 Å². The lowest BCUT2D eigenvalue weighted by Gasteiger charge is -2.35. The van der Waals surface area contributed by atoms with Gasteiger partial charge in [0.2, 0.25) is 0 Å². The first-order valence-corrected chi connectivity index (χ1v) is 8.72. The van der Waals surface area contributed by atoms with Crippen molar-refractivity contribution in [3.05, 3.63) is 52.5 Å². The first-order valence-electron chi connectivity index (χ1n) is 8.72. The Morgan fingerprint density at radius 3 is 3.04 bits per heavy atom. The number of nitrogens with one attached hydrogen (secondary N) is 2. The lowest BCUT2D eigenvalue weighted by atomic mass is 10.1. The molecule has 1 atom stereocenters. The Balaban J connectivity index is 1.71. The normalized spacial score (nSPS) is 18.9. The van der Waals surface area contributed by atoms with Crippen molar-refractivity contribution in [1.82, 2.24) is 24.6 Å². The Labute approximate surface area is 154 Å². The smallest absolute Gasteiger partial charge is 0.273 e. The largest absolute Gasteiger partial charge is 0.390 e. The Hall–Kier alpha value is -3.67.